The summed E-state index contributed by atoms with van der Waals surface area (Å²) >= 11 is 0. The van der Waals surface area contributed by atoms with Gasteiger partial charge < -0.3 is 9.88 Å². The normalized spacial score (nSPS) is 14.6. The zero-order valence-corrected chi connectivity index (χ0v) is 16.5. The highest BCUT2D eigenvalue weighted by Crippen LogP contribution is 2.10. The van der Waals surface area contributed by atoms with Gasteiger partial charge in [0.1, 0.15) is 5.56 Å². The second-order valence-corrected chi connectivity index (χ2v) is 7.27. The van der Waals surface area contributed by atoms with Gasteiger partial charge in [-0.2, -0.15) is 0 Å². The van der Waals surface area contributed by atoms with Crippen LogP contribution in [0.4, 0.5) is 0 Å². The molecule has 1 aliphatic heterocycles. The number of nitrogens with one attached hydrogen (secondary N) is 1. The Kier molecular flexibility index (Phi) is 5.85. The molecular weight excluding hydrogens is 382 g/mol. The summed E-state index contributed by atoms with van der Waals surface area (Å²) in [6, 6.07) is 15.5. The second-order valence-electron chi connectivity index (χ2n) is 7.27. The Labute approximate surface area is 173 Å². The van der Waals surface area contributed by atoms with E-state index in [0.717, 1.165) is 24.2 Å². The Morgan fingerprint density at radius 3 is 2.37 bits per heavy atom. The number of H-pyrrole nitrogens is 1. The van der Waals surface area contributed by atoms with E-state index >= 15 is 0 Å². The predicted octanol–water partition coefficient (Wildman–Crippen LogP) is 0.938. The largest absolute Gasteiger partial charge is 0.336 e. The average molecular weight is 405 g/mol. The first-order valence-electron chi connectivity index (χ1n) is 9.90. The van der Waals surface area contributed by atoms with Crippen LogP contribution in [-0.4, -0.2) is 56.4 Å². The number of amides is 1. The number of hydrogen-bond acceptors (Lipinski definition) is 5. The molecule has 1 N–H and O–H groups in total. The van der Waals surface area contributed by atoms with Crippen molar-refractivity contribution < 1.29 is 4.79 Å². The third kappa shape index (κ3) is 4.38. The first-order chi connectivity index (χ1) is 14.6. The van der Waals surface area contributed by atoms with E-state index in [-0.39, 0.29) is 18.0 Å². The van der Waals surface area contributed by atoms with Gasteiger partial charge in [-0.15, -0.1) is 0 Å². The van der Waals surface area contributed by atoms with Gasteiger partial charge in [-0.1, -0.05) is 36.4 Å². The molecule has 0 aliphatic carbocycles. The van der Waals surface area contributed by atoms with Crippen molar-refractivity contribution in [2.45, 2.75) is 13.1 Å². The van der Waals surface area contributed by atoms with Crippen molar-refractivity contribution in [2.24, 2.45) is 0 Å². The van der Waals surface area contributed by atoms with Crippen molar-refractivity contribution in [3.8, 4) is 0 Å². The molecule has 0 spiro atoms. The number of pyridine rings is 1. The van der Waals surface area contributed by atoms with Gasteiger partial charge in [0.15, 0.2) is 0 Å². The predicted molar refractivity (Wildman–Crippen MR) is 112 cm³/mol. The fourth-order valence-electron chi connectivity index (χ4n) is 3.58. The van der Waals surface area contributed by atoms with E-state index in [0.29, 0.717) is 18.8 Å². The van der Waals surface area contributed by atoms with Crippen molar-refractivity contribution >= 4 is 5.91 Å². The first kappa shape index (κ1) is 19.8. The second kappa shape index (κ2) is 8.87. The molecule has 1 amide bonds. The van der Waals surface area contributed by atoms with Crippen molar-refractivity contribution in [1.82, 2.24) is 24.3 Å². The number of aromatic amines is 1. The van der Waals surface area contributed by atoms with Crippen LogP contribution in [0.2, 0.25) is 0 Å². The van der Waals surface area contributed by atoms with Gasteiger partial charge in [-0.25, -0.2) is 4.79 Å². The molecule has 8 nitrogen and oxygen atoms in total. The Balaban J connectivity index is 1.46. The van der Waals surface area contributed by atoms with E-state index in [1.54, 1.807) is 29.3 Å². The van der Waals surface area contributed by atoms with Gasteiger partial charge in [0.25, 0.3) is 11.5 Å². The molecule has 0 atom stereocenters. The molecule has 154 valence electrons. The molecule has 2 aromatic heterocycles. The number of carbonyl (C=O) groups is 1. The van der Waals surface area contributed by atoms with Crippen LogP contribution in [0, 0.1) is 0 Å². The highest BCUT2D eigenvalue weighted by molar-refractivity contribution is 5.93. The van der Waals surface area contributed by atoms with E-state index in [2.05, 4.69) is 27.0 Å². The summed E-state index contributed by atoms with van der Waals surface area (Å²) in [7, 11) is 0. The fraction of sp³-hybridized carbons (Fsp3) is 0.273. The van der Waals surface area contributed by atoms with Gasteiger partial charge in [0.2, 0.25) is 0 Å². The molecule has 1 saturated heterocycles. The number of piperazine rings is 1. The molecule has 1 fully saturated rings. The third-order valence-electron chi connectivity index (χ3n) is 5.25. The molecule has 0 unspecified atom stereocenters. The number of aromatic nitrogens is 3. The quantitative estimate of drug-likeness (QED) is 0.682. The lowest BCUT2D eigenvalue weighted by molar-refractivity contribution is 0.0625. The van der Waals surface area contributed by atoms with E-state index in [4.69, 9.17) is 0 Å². The summed E-state index contributed by atoms with van der Waals surface area (Å²) in [4.78, 5) is 48.6. The number of rotatable bonds is 5. The SMILES string of the molecule is O=C(c1c[nH]c(=O)n(Cc2ccccn2)c1=O)N1CCN(Cc2ccccc2)CC1. The number of benzene rings is 1. The Bertz CT molecular complexity index is 1120. The maximum absolute atomic E-state index is 13.0. The van der Waals surface area contributed by atoms with Gasteiger partial charge >= 0.3 is 5.69 Å². The van der Waals surface area contributed by atoms with Crippen LogP contribution in [0.1, 0.15) is 21.6 Å². The zero-order chi connectivity index (χ0) is 20.9. The average Bonchev–Trinajstić information content (AvgIpc) is 2.78. The summed E-state index contributed by atoms with van der Waals surface area (Å²) in [5.74, 6) is -0.356. The number of nitrogens with zero attached hydrogens (tertiary/aromatic N) is 4. The Morgan fingerprint density at radius 2 is 1.67 bits per heavy atom. The van der Waals surface area contributed by atoms with E-state index in [1.807, 2.05) is 18.2 Å². The minimum Gasteiger partial charge on any atom is -0.336 e. The molecule has 8 heteroatoms. The summed E-state index contributed by atoms with van der Waals surface area (Å²) in [5, 5.41) is 0. The molecular formula is C22H23N5O3. The lowest BCUT2D eigenvalue weighted by atomic mass is 10.2. The van der Waals surface area contributed by atoms with Crippen LogP contribution in [0.25, 0.3) is 0 Å². The maximum Gasteiger partial charge on any atom is 0.328 e. The third-order valence-corrected chi connectivity index (χ3v) is 5.25. The molecule has 3 heterocycles. The molecule has 0 bridgehead atoms. The van der Waals surface area contributed by atoms with Gasteiger partial charge in [0, 0.05) is 45.1 Å². The lowest BCUT2D eigenvalue weighted by Crippen LogP contribution is -2.50. The summed E-state index contributed by atoms with van der Waals surface area (Å²) in [6.45, 7) is 3.37. The van der Waals surface area contributed by atoms with E-state index < -0.39 is 11.2 Å². The smallest absolute Gasteiger partial charge is 0.328 e. The highest BCUT2D eigenvalue weighted by atomic mass is 16.2. The lowest BCUT2D eigenvalue weighted by Gasteiger charge is -2.34. The van der Waals surface area contributed by atoms with Crippen LogP contribution in [0.3, 0.4) is 0 Å². The van der Waals surface area contributed by atoms with Crippen molar-refractivity contribution in [2.75, 3.05) is 26.2 Å². The monoisotopic (exact) mass is 405 g/mol. The van der Waals surface area contributed by atoms with Crippen molar-refractivity contribution in [1.29, 1.82) is 0 Å². The topological polar surface area (TPSA) is 91.3 Å². The van der Waals surface area contributed by atoms with Gasteiger partial charge in [-0.05, 0) is 17.7 Å². The minimum atomic E-state index is -0.596. The van der Waals surface area contributed by atoms with Crippen LogP contribution < -0.4 is 11.2 Å². The molecule has 0 radical (unpaired) electrons. The summed E-state index contributed by atoms with van der Waals surface area (Å²) in [6.07, 6.45) is 2.82. The number of hydrogen-bond donors (Lipinski definition) is 1. The van der Waals surface area contributed by atoms with Crippen LogP contribution in [0.15, 0.2) is 70.5 Å². The zero-order valence-electron chi connectivity index (χ0n) is 16.5. The Morgan fingerprint density at radius 1 is 0.933 bits per heavy atom. The molecule has 0 saturated carbocycles. The summed E-state index contributed by atoms with van der Waals surface area (Å²) in [5.41, 5.74) is 0.623. The highest BCUT2D eigenvalue weighted by Gasteiger charge is 2.25. The van der Waals surface area contributed by atoms with Crippen molar-refractivity contribution in [3.05, 3.63) is 98.6 Å². The minimum absolute atomic E-state index is 0.0149. The van der Waals surface area contributed by atoms with Crippen LogP contribution >= 0.6 is 0 Å². The number of carbonyl (C=O) groups excluding carboxylic acids is 1. The van der Waals surface area contributed by atoms with Crippen LogP contribution in [-0.2, 0) is 13.1 Å². The van der Waals surface area contributed by atoms with Crippen LogP contribution in [0.5, 0.6) is 0 Å². The summed E-state index contributed by atoms with van der Waals surface area (Å²) < 4.78 is 1.02. The standard InChI is InChI=1S/C22H23N5O3/c28-20(26-12-10-25(11-13-26)15-17-6-2-1-3-7-17)19-14-24-22(30)27(21(19)29)16-18-8-4-5-9-23-18/h1-9,14H,10-13,15-16H2,(H,24,30). The fourth-order valence-corrected chi connectivity index (χ4v) is 3.58. The van der Waals surface area contributed by atoms with Gasteiger partial charge in [-0.3, -0.25) is 24.0 Å². The molecule has 30 heavy (non-hydrogen) atoms. The maximum atomic E-state index is 13.0. The van der Waals surface area contributed by atoms with E-state index in [1.165, 1.54) is 11.8 Å². The molecule has 1 aromatic carbocycles. The first-order valence-corrected chi connectivity index (χ1v) is 9.90. The van der Waals surface area contributed by atoms with E-state index in [9.17, 15) is 14.4 Å². The Hall–Kier alpha value is -3.52. The van der Waals surface area contributed by atoms with Gasteiger partial charge in [0.05, 0.1) is 12.2 Å². The van der Waals surface area contributed by atoms with Crippen molar-refractivity contribution in [3.63, 3.8) is 0 Å². The molecule has 1 aliphatic rings. The molecule has 4 rings (SSSR count). The molecule has 3 aromatic rings.